The largest absolute Gasteiger partial charge is 0.462 e. The molecule has 1 atom stereocenters. The Morgan fingerprint density at radius 3 is 2.71 bits per heavy atom. The topological polar surface area (TPSA) is 55.4 Å². The summed E-state index contributed by atoms with van der Waals surface area (Å²) < 4.78 is 5.18. The minimum Gasteiger partial charge on any atom is -0.462 e. The second kappa shape index (κ2) is 7.07. The van der Waals surface area contributed by atoms with Crippen LogP contribution >= 0.6 is 11.3 Å². The van der Waals surface area contributed by atoms with E-state index < -0.39 is 0 Å². The van der Waals surface area contributed by atoms with Crippen molar-refractivity contribution < 1.29 is 14.3 Å². The number of amides is 1. The van der Waals surface area contributed by atoms with Crippen molar-refractivity contribution in [3.05, 3.63) is 16.0 Å². The van der Waals surface area contributed by atoms with Gasteiger partial charge in [0.1, 0.15) is 5.00 Å². The van der Waals surface area contributed by atoms with Crippen LogP contribution in [0.1, 0.15) is 60.8 Å². The van der Waals surface area contributed by atoms with Gasteiger partial charge in [-0.05, 0) is 37.7 Å². The molecule has 0 fully saturated rings. The molecule has 0 spiro atoms. The smallest absolute Gasteiger partial charge is 0.341 e. The average molecular weight is 309 g/mol. The first-order valence-corrected chi connectivity index (χ1v) is 8.53. The predicted octanol–water partition coefficient (Wildman–Crippen LogP) is 3.79. The maximum Gasteiger partial charge on any atom is 0.341 e. The van der Waals surface area contributed by atoms with Crippen molar-refractivity contribution in [2.45, 2.75) is 52.9 Å². The van der Waals surface area contributed by atoms with Gasteiger partial charge in [0, 0.05) is 11.3 Å². The highest BCUT2D eigenvalue weighted by atomic mass is 32.1. The fraction of sp³-hybridized carbons (Fsp3) is 0.625. The number of esters is 1. The average Bonchev–Trinajstić information content (AvgIpc) is 2.83. The van der Waals surface area contributed by atoms with Crippen LogP contribution in [0.25, 0.3) is 0 Å². The molecule has 0 radical (unpaired) electrons. The van der Waals surface area contributed by atoms with E-state index in [1.807, 2.05) is 0 Å². The van der Waals surface area contributed by atoms with Crippen LogP contribution < -0.4 is 5.32 Å². The molecule has 5 heteroatoms. The first-order valence-electron chi connectivity index (χ1n) is 7.72. The van der Waals surface area contributed by atoms with Gasteiger partial charge in [0.2, 0.25) is 5.91 Å². The maximum atomic E-state index is 12.3. The van der Waals surface area contributed by atoms with E-state index >= 15 is 0 Å². The second-order valence-electron chi connectivity index (χ2n) is 5.35. The molecule has 1 amide bonds. The number of hydrogen-bond acceptors (Lipinski definition) is 4. The summed E-state index contributed by atoms with van der Waals surface area (Å²) in [5, 5.41) is 3.54. The fourth-order valence-corrected chi connectivity index (χ4v) is 4.09. The van der Waals surface area contributed by atoms with Crippen LogP contribution in [0.3, 0.4) is 0 Å². The van der Waals surface area contributed by atoms with E-state index in [2.05, 4.69) is 12.2 Å². The Balaban J connectivity index is 2.37. The molecule has 1 aromatic rings. The Kier molecular flexibility index (Phi) is 5.39. The maximum absolute atomic E-state index is 12.3. The molecule has 1 heterocycles. The van der Waals surface area contributed by atoms with Crippen LogP contribution in [-0.4, -0.2) is 18.5 Å². The van der Waals surface area contributed by atoms with Gasteiger partial charge in [0.25, 0.3) is 0 Å². The zero-order valence-corrected chi connectivity index (χ0v) is 13.8. The van der Waals surface area contributed by atoms with Crippen LogP contribution in [0.2, 0.25) is 0 Å². The van der Waals surface area contributed by atoms with E-state index in [-0.39, 0.29) is 11.9 Å². The normalized spacial score (nSPS) is 17.2. The molecular formula is C16H23NO3S. The standard InChI is InChI=1S/C16H23NO3S/c1-4-10-7-8-11-12(9-10)21-15(17-13(18)5-2)14(11)16(19)20-6-3/h10H,4-9H2,1-3H3,(H,17,18)/t10-/m1/s1. The summed E-state index contributed by atoms with van der Waals surface area (Å²) in [5.41, 5.74) is 1.68. The van der Waals surface area contributed by atoms with Gasteiger partial charge in [-0.3, -0.25) is 4.79 Å². The lowest BCUT2D eigenvalue weighted by Gasteiger charge is -2.20. The summed E-state index contributed by atoms with van der Waals surface area (Å²) in [7, 11) is 0. The van der Waals surface area contributed by atoms with E-state index in [0.717, 1.165) is 31.2 Å². The molecule has 0 saturated carbocycles. The van der Waals surface area contributed by atoms with Gasteiger partial charge >= 0.3 is 5.97 Å². The number of rotatable bonds is 5. The summed E-state index contributed by atoms with van der Waals surface area (Å²) in [6, 6.07) is 0. The number of anilines is 1. The van der Waals surface area contributed by atoms with E-state index in [4.69, 9.17) is 4.74 Å². The first-order chi connectivity index (χ1) is 10.1. The molecule has 1 N–H and O–H groups in total. The lowest BCUT2D eigenvalue weighted by atomic mass is 9.85. The highest BCUT2D eigenvalue weighted by Crippen LogP contribution is 2.40. The number of carbonyl (C=O) groups is 2. The molecule has 0 bridgehead atoms. The van der Waals surface area contributed by atoms with Crippen molar-refractivity contribution in [1.29, 1.82) is 0 Å². The molecule has 0 aromatic carbocycles. The lowest BCUT2D eigenvalue weighted by Crippen LogP contribution is -2.16. The number of thiophene rings is 1. The van der Waals surface area contributed by atoms with Gasteiger partial charge in [-0.25, -0.2) is 4.79 Å². The van der Waals surface area contributed by atoms with E-state index in [1.54, 1.807) is 25.2 Å². The molecule has 4 nitrogen and oxygen atoms in total. The minimum atomic E-state index is -0.309. The van der Waals surface area contributed by atoms with Crippen molar-refractivity contribution in [3.63, 3.8) is 0 Å². The molecule has 2 rings (SSSR count). The summed E-state index contributed by atoms with van der Waals surface area (Å²) in [6.45, 7) is 6.16. The predicted molar refractivity (Wildman–Crippen MR) is 85.0 cm³/mol. The van der Waals surface area contributed by atoms with E-state index in [1.165, 1.54) is 4.88 Å². The first kappa shape index (κ1) is 16.0. The summed E-state index contributed by atoms with van der Waals surface area (Å²) in [6.07, 6.45) is 4.57. The molecule has 0 aliphatic heterocycles. The van der Waals surface area contributed by atoms with Crippen LogP contribution in [0.15, 0.2) is 0 Å². The van der Waals surface area contributed by atoms with Crippen LogP contribution in [0.5, 0.6) is 0 Å². The van der Waals surface area contributed by atoms with Crippen molar-refractivity contribution in [2.75, 3.05) is 11.9 Å². The van der Waals surface area contributed by atoms with Gasteiger partial charge in [0.05, 0.1) is 12.2 Å². The Bertz CT molecular complexity index is 536. The van der Waals surface area contributed by atoms with Crippen molar-refractivity contribution in [1.82, 2.24) is 0 Å². The molecule has 21 heavy (non-hydrogen) atoms. The molecule has 0 unspecified atom stereocenters. The molecular weight excluding hydrogens is 286 g/mol. The van der Waals surface area contributed by atoms with Crippen LogP contribution in [0, 0.1) is 5.92 Å². The molecule has 116 valence electrons. The summed E-state index contributed by atoms with van der Waals surface area (Å²) >= 11 is 1.55. The summed E-state index contributed by atoms with van der Waals surface area (Å²) in [4.78, 5) is 25.2. The van der Waals surface area contributed by atoms with Gasteiger partial charge in [0.15, 0.2) is 0 Å². The third-order valence-electron chi connectivity index (χ3n) is 4.00. The van der Waals surface area contributed by atoms with E-state index in [0.29, 0.717) is 29.5 Å². The zero-order chi connectivity index (χ0) is 15.4. The quantitative estimate of drug-likeness (QED) is 0.842. The van der Waals surface area contributed by atoms with Crippen LogP contribution in [-0.2, 0) is 22.4 Å². The van der Waals surface area contributed by atoms with Crippen molar-refractivity contribution in [3.8, 4) is 0 Å². The Labute approximate surface area is 129 Å². The lowest BCUT2D eigenvalue weighted by molar-refractivity contribution is -0.115. The Hall–Kier alpha value is -1.36. The van der Waals surface area contributed by atoms with Crippen LogP contribution in [0.4, 0.5) is 5.00 Å². The van der Waals surface area contributed by atoms with E-state index in [9.17, 15) is 9.59 Å². The Morgan fingerprint density at radius 1 is 1.33 bits per heavy atom. The molecule has 1 aromatic heterocycles. The number of ether oxygens (including phenoxy) is 1. The SMILES string of the molecule is CCOC(=O)c1c(NC(=O)CC)sc2c1CC[C@@H](CC)C2. The third kappa shape index (κ3) is 3.46. The highest BCUT2D eigenvalue weighted by Gasteiger charge is 2.29. The van der Waals surface area contributed by atoms with Gasteiger partial charge in [-0.1, -0.05) is 20.3 Å². The molecule has 0 saturated heterocycles. The zero-order valence-electron chi connectivity index (χ0n) is 13.0. The van der Waals surface area contributed by atoms with Crippen molar-refractivity contribution >= 4 is 28.2 Å². The number of carbonyl (C=O) groups excluding carboxylic acids is 2. The Morgan fingerprint density at radius 2 is 2.10 bits per heavy atom. The van der Waals surface area contributed by atoms with Gasteiger partial charge in [-0.2, -0.15) is 0 Å². The van der Waals surface area contributed by atoms with Crippen molar-refractivity contribution in [2.24, 2.45) is 5.92 Å². The number of hydrogen-bond donors (Lipinski definition) is 1. The molecule has 1 aliphatic rings. The monoisotopic (exact) mass is 309 g/mol. The fourth-order valence-electron chi connectivity index (χ4n) is 2.72. The third-order valence-corrected chi connectivity index (χ3v) is 5.17. The number of nitrogens with one attached hydrogen (secondary N) is 1. The van der Waals surface area contributed by atoms with Gasteiger partial charge in [-0.15, -0.1) is 11.3 Å². The second-order valence-corrected chi connectivity index (χ2v) is 6.45. The van der Waals surface area contributed by atoms with Gasteiger partial charge < -0.3 is 10.1 Å². The molecule has 1 aliphatic carbocycles. The highest BCUT2D eigenvalue weighted by molar-refractivity contribution is 7.17. The summed E-state index contributed by atoms with van der Waals surface area (Å²) in [5.74, 6) is 0.309. The number of fused-ring (bicyclic) bond motifs is 1. The minimum absolute atomic E-state index is 0.0637.